The van der Waals surface area contributed by atoms with Crippen molar-refractivity contribution in [3.63, 3.8) is 0 Å². The van der Waals surface area contributed by atoms with Gasteiger partial charge in [0.2, 0.25) is 5.91 Å². The van der Waals surface area contributed by atoms with Gasteiger partial charge in [0.25, 0.3) is 0 Å². The lowest BCUT2D eigenvalue weighted by molar-refractivity contribution is -0.113. The number of hydrogen-bond donors (Lipinski definition) is 1. The summed E-state index contributed by atoms with van der Waals surface area (Å²) in [5, 5.41) is 3.85. The number of benzene rings is 2. The van der Waals surface area contributed by atoms with Crippen molar-refractivity contribution in [2.75, 3.05) is 48.9 Å². The van der Waals surface area contributed by atoms with Crippen LogP contribution in [0.25, 0.3) is 11.3 Å². The van der Waals surface area contributed by atoms with Gasteiger partial charge < -0.3 is 24.3 Å². The summed E-state index contributed by atoms with van der Waals surface area (Å²) in [7, 11) is 0. The number of carbonyl (C=O) groups excluding carboxylic acids is 1. The van der Waals surface area contributed by atoms with E-state index in [0.717, 1.165) is 80.1 Å². The quantitative estimate of drug-likeness (QED) is 0.487. The highest BCUT2D eigenvalue weighted by Gasteiger charge is 2.21. The molecule has 1 aromatic heterocycles. The number of carbonyl (C=O) groups is 1. The van der Waals surface area contributed by atoms with E-state index in [4.69, 9.17) is 9.47 Å². The molecule has 178 valence electrons. The first-order chi connectivity index (χ1) is 16.8. The molecule has 0 spiro atoms. The Balaban J connectivity index is 1.22. The van der Waals surface area contributed by atoms with Gasteiger partial charge in [-0.1, -0.05) is 42.1 Å². The second kappa shape index (κ2) is 11.1. The fourth-order valence-electron chi connectivity index (χ4n) is 4.39. The third-order valence-electron chi connectivity index (χ3n) is 6.16. The Hall–Kier alpha value is -2.81. The van der Waals surface area contributed by atoms with Gasteiger partial charge in [0, 0.05) is 31.1 Å². The van der Waals surface area contributed by atoms with Crippen molar-refractivity contribution in [2.45, 2.75) is 30.6 Å². The Morgan fingerprint density at radius 2 is 1.85 bits per heavy atom. The highest BCUT2D eigenvalue weighted by molar-refractivity contribution is 7.99. The van der Waals surface area contributed by atoms with Crippen LogP contribution >= 0.6 is 11.8 Å². The molecular formula is C26H30N4O3S. The van der Waals surface area contributed by atoms with Crippen LogP contribution in [0.3, 0.4) is 0 Å². The molecule has 3 heterocycles. The maximum atomic E-state index is 12.7. The number of hydrogen-bond acceptors (Lipinski definition) is 6. The summed E-state index contributed by atoms with van der Waals surface area (Å²) in [5.41, 5.74) is 4.12. The first kappa shape index (κ1) is 23.0. The fourth-order valence-corrected chi connectivity index (χ4v) is 5.17. The number of morpholine rings is 1. The standard InChI is InChI=1S/C26H30N4O3S/c31-25(28-21-8-10-22(11-9-21)29-12-15-32-16-13-29)19-34-26-27-17-24(20-5-2-1-3-6-20)30(26)18-23-7-4-14-33-23/h1-3,5-6,8-11,17,23H,4,7,12-16,18-19H2,(H,28,31). The number of aromatic nitrogens is 2. The SMILES string of the molecule is O=C(CSc1ncc(-c2ccccc2)n1CC1CCCO1)Nc1ccc(N2CCOCC2)cc1. The van der Waals surface area contributed by atoms with E-state index in [-0.39, 0.29) is 12.0 Å². The summed E-state index contributed by atoms with van der Waals surface area (Å²) < 4.78 is 13.5. The summed E-state index contributed by atoms with van der Waals surface area (Å²) >= 11 is 1.46. The van der Waals surface area contributed by atoms with Crippen LogP contribution in [0.4, 0.5) is 11.4 Å². The number of rotatable bonds is 8. The summed E-state index contributed by atoms with van der Waals surface area (Å²) in [6.45, 7) is 4.86. The molecule has 1 atom stereocenters. The zero-order valence-electron chi connectivity index (χ0n) is 19.2. The Morgan fingerprint density at radius 3 is 2.59 bits per heavy atom. The molecule has 1 unspecified atom stereocenters. The van der Waals surface area contributed by atoms with Gasteiger partial charge in [-0.3, -0.25) is 4.79 Å². The lowest BCUT2D eigenvalue weighted by atomic mass is 10.1. The molecular weight excluding hydrogens is 448 g/mol. The number of nitrogens with zero attached hydrogens (tertiary/aromatic N) is 3. The van der Waals surface area contributed by atoms with Crippen molar-refractivity contribution in [1.29, 1.82) is 0 Å². The molecule has 1 N–H and O–H groups in total. The van der Waals surface area contributed by atoms with Crippen LogP contribution < -0.4 is 10.2 Å². The number of imidazole rings is 1. The molecule has 8 heteroatoms. The van der Waals surface area contributed by atoms with E-state index in [1.54, 1.807) is 0 Å². The third kappa shape index (κ3) is 5.63. The minimum absolute atomic E-state index is 0.0444. The van der Waals surface area contributed by atoms with Crippen LogP contribution in [-0.2, 0) is 20.8 Å². The molecule has 0 aliphatic carbocycles. The van der Waals surface area contributed by atoms with Crippen molar-refractivity contribution in [1.82, 2.24) is 9.55 Å². The highest BCUT2D eigenvalue weighted by Crippen LogP contribution is 2.28. The molecule has 0 radical (unpaired) electrons. The fraction of sp³-hybridized carbons (Fsp3) is 0.385. The maximum Gasteiger partial charge on any atom is 0.234 e. The van der Waals surface area contributed by atoms with Crippen LogP contribution in [0.15, 0.2) is 66.0 Å². The van der Waals surface area contributed by atoms with Crippen LogP contribution in [-0.4, -0.2) is 60.2 Å². The predicted molar refractivity (Wildman–Crippen MR) is 135 cm³/mol. The van der Waals surface area contributed by atoms with E-state index in [2.05, 4.69) is 44.0 Å². The lowest BCUT2D eigenvalue weighted by Crippen LogP contribution is -2.36. The molecule has 2 aliphatic rings. The average molecular weight is 479 g/mol. The van der Waals surface area contributed by atoms with Crippen molar-refractivity contribution in [2.24, 2.45) is 0 Å². The van der Waals surface area contributed by atoms with Gasteiger partial charge in [-0.15, -0.1) is 0 Å². The molecule has 7 nitrogen and oxygen atoms in total. The van der Waals surface area contributed by atoms with E-state index < -0.39 is 0 Å². The van der Waals surface area contributed by atoms with E-state index in [1.807, 2.05) is 36.5 Å². The summed E-state index contributed by atoms with van der Waals surface area (Å²) in [4.78, 5) is 19.6. The second-order valence-corrected chi connectivity index (χ2v) is 9.46. The minimum atomic E-state index is -0.0444. The molecule has 3 aromatic rings. The number of nitrogens with one attached hydrogen (secondary N) is 1. The Bertz CT molecular complexity index is 1080. The van der Waals surface area contributed by atoms with E-state index in [9.17, 15) is 4.79 Å². The van der Waals surface area contributed by atoms with Gasteiger partial charge in [-0.25, -0.2) is 4.98 Å². The van der Waals surface area contributed by atoms with Crippen molar-refractivity contribution >= 4 is 29.0 Å². The summed E-state index contributed by atoms with van der Waals surface area (Å²) in [6, 6.07) is 18.3. The molecule has 34 heavy (non-hydrogen) atoms. The molecule has 1 amide bonds. The molecule has 0 bridgehead atoms. The van der Waals surface area contributed by atoms with Gasteiger partial charge in [-0.05, 0) is 42.7 Å². The molecule has 2 aliphatic heterocycles. The van der Waals surface area contributed by atoms with Crippen LogP contribution in [0.1, 0.15) is 12.8 Å². The van der Waals surface area contributed by atoms with Crippen molar-refractivity contribution in [3.8, 4) is 11.3 Å². The molecule has 5 rings (SSSR count). The predicted octanol–water partition coefficient (Wildman–Crippen LogP) is 4.30. The molecule has 2 aromatic carbocycles. The minimum Gasteiger partial charge on any atom is -0.378 e. The zero-order valence-corrected chi connectivity index (χ0v) is 20.0. The third-order valence-corrected chi connectivity index (χ3v) is 7.15. The topological polar surface area (TPSA) is 68.6 Å². The van der Waals surface area contributed by atoms with Gasteiger partial charge in [0.15, 0.2) is 5.16 Å². The maximum absolute atomic E-state index is 12.7. The Morgan fingerprint density at radius 1 is 1.06 bits per heavy atom. The van der Waals surface area contributed by atoms with Crippen LogP contribution in [0.5, 0.6) is 0 Å². The van der Waals surface area contributed by atoms with Crippen LogP contribution in [0.2, 0.25) is 0 Å². The number of ether oxygens (including phenoxy) is 2. The summed E-state index contributed by atoms with van der Waals surface area (Å²) in [6.07, 6.45) is 4.23. The number of amides is 1. The first-order valence-corrected chi connectivity index (χ1v) is 12.8. The average Bonchev–Trinajstić information content (AvgIpc) is 3.55. The van der Waals surface area contributed by atoms with E-state index >= 15 is 0 Å². The first-order valence-electron chi connectivity index (χ1n) is 11.8. The number of anilines is 2. The van der Waals surface area contributed by atoms with Gasteiger partial charge in [0.05, 0.1) is 43.5 Å². The van der Waals surface area contributed by atoms with Gasteiger partial charge in [-0.2, -0.15) is 0 Å². The normalized spacial score (nSPS) is 18.2. The Labute approximate surface area is 204 Å². The van der Waals surface area contributed by atoms with Gasteiger partial charge in [0.1, 0.15) is 0 Å². The zero-order chi connectivity index (χ0) is 23.2. The number of thioether (sulfide) groups is 1. The van der Waals surface area contributed by atoms with E-state index in [0.29, 0.717) is 5.75 Å². The molecule has 0 saturated carbocycles. The summed E-state index contributed by atoms with van der Waals surface area (Å²) in [5.74, 6) is 0.249. The second-order valence-electron chi connectivity index (χ2n) is 8.52. The van der Waals surface area contributed by atoms with Crippen molar-refractivity contribution < 1.29 is 14.3 Å². The highest BCUT2D eigenvalue weighted by atomic mass is 32.2. The van der Waals surface area contributed by atoms with E-state index in [1.165, 1.54) is 11.8 Å². The molecule has 2 fully saturated rings. The lowest BCUT2D eigenvalue weighted by Gasteiger charge is -2.28. The molecule has 2 saturated heterocycles. The monoisotopic (exact) mass is 478 g/mol. The van der Waals surface area contributed by atoms with Gasteiger partial charge >= 0.3 is 0 Å². The smallest absolute Gasteiger partial charge is 0.234 e. The Kier molecular flexibility index (Phi) is 7.48. The van der Waals surface area contributed by atoms with Crippen LogP contribution in [0, 0.1) is 0 Å². The largest absolute Gasteiger partial charge is 0.378 e. The van der Waals surface area contributed by atoms with Crippen molar-refractivity contribution in [3.05, 3.63) is 60.8 Å².